The number of hydrogen-bond donors (Lipinski definition) is 2. The number of carbonyl (C=O) groups excluding carboxylic acids is 2. The zero-order valence-electron chi connectivity index (χ0n) is 24.3. The molecule has 0 spiro atoms. The first-order valence-corrected chi connectivity index (χ1v) is 16.4. The molecule has 1 saturated heterocycles. The Kier molecular flexibility index (Phi) is 9.53. The third-order valence-corrected chi connectivity index (χ3v) is 9.26. The molecule has 3 heterocycles. The number of urea groups is 1. The van der Waals surface area contributed by atoms with Gasteiger partial charge in [-0.2, -0.15) is 0 Å². The largest absolute Gasteiger partial charge is 0.478 e. The summed E-state index contributed by atoms with van der Waals surface area (Å²) in [5, 5.41) is 11.9. The average Bonchev–Trinajstić information content (AvgIpc) is 3.17. The summed E-state index contributed by atoms with van der Waals surface area (Å²) in [7, 11) is -1.31. The molecule has 2 aliphatic rings. The third kappa shape index (κ3) is 6.86. The van der Waals surface area contributed by atoms with Gasteiger partial charge in [-0.1, -0.05) is 23.7 Å². The van der Waals surface area contributed by atoms with Gasteiger partial charge in [-0.05, 0) is 49.1 Å². The number of nitrogens with one attached hydrogen (secondary N) is 1. The number of aromatic carboxylic acids is 1. The van der Waals surface area contributed by atoms with Crippen molar-refractivity contribution in [2.45, 2.75) is 38.4 Å². The summed E-state index contributed by atoms with van der Waals surface area (Å²) in [5.41, 5.74) is -0.0749. The van der Waals surface area contributed by atoms with E-state index in [1.54, 1.807) is 21.9 Å². The summed E-state index contributed by atoms with van der Waals surface area (Å²) >= 11 is 6.15. The minimum atomic E-state index is -1.31. The third-order valence-electron chi connectivity index (χ3n) is 8.12. The van der Waals surface area contributed by atoms with E-state index in [4.69, 9.17) is 11.6 Å². The number of fused-ring (bicyclic) bond motifs is 1. The Morgan fingerprint density at radius 1 is 1.09 bits per heavy atom. The number of carbonyl (C=O) groups is 3. The molecule has 3 aromatic rings. The number of carboxylic acids is 1. The minimum Gasteiger partial charge on any atom is -0.478 e. The highest BCUT2D eigenvalue weighted by Gasteiger charge is 2.32. The molecule has 238 valence electrons. The molecule has 0 radical (unpaired) electrons. The van der Waals surface area contributed by atoms with Gasteiger partial charge in [-0.3, -0.25) is 22.9 Å². The van der Waals surface area contributed by atoms with Crippen LogP contribution in [0.4, 0.5) is 14.9 Å². The van der Waals surface area contributed by atoms with Gasteiger partial charge in [0, 0.05) is 72.5 Å². The van der Waals surface area contributed by atoms with Gasteiger partial charge in [0.2, 0.25) is 5.91 Å². The average molecular weight is 660 g/mol. The number of piperidine rings is 1. The SMILES string of the molecule is CS(=O)CCn1c(=O)c(-c2cccc(F)c2Cl)cn(CC(=O)N2CCC(N3CCc4cc(C(=O)O)ccc4NC3=O)CC2)c1=O. The molecule has 3 amide bonds. The lowest BCUT2D eigenvalue weighted by Crippen LogP contribution is -2.51. The molecule has 45 heavy (non-hydrogen) atoms. The van der Waals surface area contributed by atoms with E-state index < -0.39 is 40.4 Å². The number of hydrogen-bond acceptors (Lipinski definition) is 6. The molecule has 15 heteroatoms. The maximum atomic E-state index is 14.3. The van der Waals surface area contributed by atoms with Crippen molar-refractivity contribution in [3.63, 3.8) is 0 Å². The van der Waals surface area contributed by atoms with Gasteiger partial charge < -0.3 is 20.2 Å². The smallest absolute Gasteiger partial charge is 0.335 e. The molecule has 1 atom stereocenters. The molecule has 1 aromatic heterocycles. The van der Waals surface area contributed by atoms with E-state index in [0.29, 0.717) is 44.6 Å². The molecule has 0 aliphatic carbocycles. The second kappa shape index (κ2) is 13.4. The van der Waals surface area contributed by atoms with Gasteiger partial charge in [0.25, 0.3) is 5.56 Å². The van der Waals surface area contributed by atoms with Crippen LogP contribution in [0.25, 0.3) is 11.1 Å². The molecule has 0 saturated carbocycles. The number of benzene rings is 2. The van der Waals surface area contributed by atoms with Crippen molar-refractivity contribution in [1.82, 2.24) is 18.9 Å². The standard InChI is InChI=1S/C30H31ClFN5O7S/c1-45(44)14-13-37-27(39)22(21-3-2-4-23(32)26(21)31)16-35(30(37)43)17-25(38)34-10-8-20(9-11-34)36-12-7-18-15-19(28(40)41)5-6-24(18)33-29(36)42/h2-6,15-16,20H,7-14,17H2,1H3,(H,33,42)(H,40,41). The fraction of sp³-hybridized carbons (Fsp3) is 0.367. The number of rotatable bonds is 8. The van der Waals surface area contributed by atoms with Gasteiger partial charge in [-0.15, -0.1) is 0 Å². The number of nitrogens with zero attached hydrogens (tertiary/aromatic N) is 4. The van der Waals surface area contributed by atoms with Crippen LogP contribution in [0.5, 0.6) is 0 Å². The van der Waals surface area contributed by atoms with E-state index in [1.807, 2.05) is 0 Å². The number of aromatic nitrogens is 2. The van der Waals surface area contributed by atoms with E-state index in [9.17, 15) is 37.7 Å². The predicted molar refractivity (Wildman–Crippen MR) is 167 cm³/mol. The highest BCUT2D eigenvalue weighted by atomic mass is 35.5. The number of amides is 3. The highest BCUT2D eigenvalue weighted by molar-refractivity contribution is 7.84. The summed E-state index contributed by atoms with van der Waals surface area (Å²) in [6.07, 6.45) is 4.07. The number of likely N-dealkylation sites (tertiary alicyclic amines) is 1. The van der Waals surface area contributed by atoms with E-state index in [0.717, 1.165) is 20.8 Å². The van der Waals surface area contributed by atoms with Crippen molar-refractivity contribution in [1.29, 1.82) is 0 Å². The first-order valence-electron chi connectivity index (χ1n) is 14.2. The van der Waals surface area contributed by atoms with Gasteiger partial charge >= 0.3 is 17.7 Å². The van der Waals surface area contributed by atoms with Crippen LogP contribution in [-0.4, -0.2) is 83.8 Å². The maximum Gasteiger partial charge on any atom is 0.335 e. The Labute approximate surface area is 264 Å². The first-order chi connectivity index (χ1) is 21.4. The maximum absolute atomic E-state index is 14.3. The molecule has 2 N–H and O–H groups in total. The topological polar surface area (TPSA) is 151 Å². The Morgan fingerprint density at radius 3 is 2.51 bits per heavy atom. The minimum absolute atomic E-state index is 0.0207. The van der Waals surface area contributed by atoms with Crippen LogP contribution in [0.3, 0.4) is 0 Å². The van der Waals surface area contributed by atoms with Crippen LogP contribution >= 0.6 is 11.6 Å². The van der Waals surface area contributed by atoms with Gasteiger partial charge in [-0.25, -0.2) is 18.8 Å². The van der Waals surface area contributed by atoms with Crippen molar-refractivity contribution >= 4 is 46.0 Å². The van der Waals surface area contributed by atoms with Crippen molar-refractivity contribution < 1.29 is 28.1 Å². The van der Waals surface area contributed by atoms with Crippen LogP contribution in [-0.2, 0) is 35.1 Å². The summed E-state index contributed by atoms with van der Waals surface area (Å²) in [6.45, 7) is 0.445. The summed E-state index contributed by atoms with van der Waals surface area (Å²) < 4.78 is 28.0. The van der Waals surface area contributed by atoms with Crippen LogP contribution in [0.15, 0.2) is 52.2 Å². The summed E-state index contributed by atoms with van der Waals surface area (Å²) in [5.74, 6) is -2.16. The van der Waals surface area contributed by atoms with E-state index >= 15 is 0 Å². The Bertz CT molecular complexity index is 1820. The van der Waals surface area contributed by atoms with Crippen molar-refractivity contribution in [2.24, 2.45) is 0 Å². The number of halogens is 2. The molecule has 1 fully saturated rings. The Balaban J connectivity index is 1.31. The first kappa shape index (κ1) is 32.1. The lowest BCUT2D eigenvalue weighted by atomic mass is 10.0. The fourth-order valence-corrected chi connectivity index (χ4v) is 6.35. The van der Waals surface area contributed by atoms with Crippen molar-refractivity contribution in [3.05, 3.63) is 85.4 Å². The second-order valence-electron chi connectivity index (χ2n) is 11.0. The van der Waals surface area contributed by atoms with Crippen LogP contribution in [0, 0.1) is 5.82 Å². The van der Waals surface area contributed by atoms with Crippen LogP contribution < -0.4 is 16.6 Å². The lowest BCUT2D eigenvalue weighted by Gasteiger charge is -2.38. The van der Waals surface area contributed by atoms with Crippen LogP contribution in [0.1, 0.15) is 28.8 Å². The Morgan fingerprint density at radius 2 is 1.82 bits per heavy atom. The molecule has 2 aliphatic heterocycles. The van der Waals surface area contributed by atoms with Gasteiger partial charge in [0.05, 0.1) is 16.1 Å². The second-order valence-corrected chi connectivity index (χ2v) is 12.9. The monoisotopic (exact) mass is 659 g/mol. The number of carboxylic acid groups (broad SMARTS) is 1. The van der Waals surface area contributed by atoms with E-state index in [1.165, 1.54) is 30.7 Å². The van der Waals surface area contributed by atoms with Crippen LogP contribution in [0.2, 0.25) is 5.02 Å². The molecule has 12 nitrogen and oxygen atoms in total. The zero-order valence-corrected chi connectivity index (χ0v) is 25.9. The van der Waals surface area contributed by atoms with Crippen molar-refractivity contribution in [3.8, 4) is 11.1 Å². The highest BCUT2D eigenvalue weighted by Crippen LogP contribution is 2.28. The summed E-state index contributed by atoms with van der Waals surface area (Å²) in [4.78, 5) is 67.7. The quantitative estimate of drug-likeness (QED) is 0.377. The van der Waals surface area contributed by atoms with E-state index in [2.05, 4.69) is 5.32 Å². The lowest BCUT2D eigenvalue weighted by molar-refractivity contribution is -0.133. The van der Waals surface area contributed by atoms with Crippen molar-refractivity contribution in [2.75, 3.05) is 37.0 Å². The normalized spacial score (nSPS) is 16.1. The molecule has 5 rings (SSSR count). The summed E-state index contributed by atoms with van der Waals surface area (Å²) in [6, 6.07) is 8.08. The molecule has 2 aromatic carbocycles. The predicted octanol–water partition coefficient (Wildman–Crippen LogP) is 2.63. The van der Waals surface area contributed by atoms with E-state index in [-0.39, 0.29) is 52.0 Å². The molecule has 0 bridgehead atoms. The molecule has 1 unspecified atom stereocenters. The molecular formula is C30H31ClFN5O7S. The molecular weight excluding hydrogens is 629 g/mol. The van der Waals surface area contributed by atoms with Gasteiger partial charge in [0.1, 0.15) is 12.4 Å². The fourth-order valence-electron chi connectivity index (χ4n) is 5.69. The Hall–Kier alpha value is -4.30. The number of anilines is 1. The zero-order chi connectivity index (χ0) is 32.4. The van der Waals surface area contributed by atoms with Gasteiger partial charge in [0.15, 0.2) is 0 Å².